The third kappa shape index (κ3) is 1.73. The summed E-state index contributed by atoms with van der Waals surface area (Å²) in [5.74, 6) is 4.16. The Bertz CT molecular complexity index is 364. The molecule has 4 aliphatic carbocycles. The Morgan fingerprint density at radius 2 is 1.63 bits per heavy atom. The first-order valence-electron chi connectivity index (χ1n) is 8.19. The van der Waals surface area contributed by atoms with E-state index < -0.39 is 0 Å². The van der Waals surface area contributed by atoms with Crippen molar-refractivity contribution in [3.8, 4) is 0 Å². The molecular weight excluding hydrogens is 236 g/mol. The molecule has 0 aromatic carbocycles. The number of rotatable bonds is 2. The maximum absolute atomic E-state index is 12.3. The summed E-state index contributed by atoms with van der Waals surface area (Å²) in [6.07, 6.45) is 7.07. The molecule has 4 saturated carbocycles. The van der Waals surface area contributed by atoms with E-state index in [1.807, 2.05) is 0 Å². The molecule has 106 valence electrons. The second-order valence-corrected chi connectivity index (χ2v) is 7.83. The van der Waals surface area contributed by atoms with E-state index in [9.17, 15) is 4.79 Å². The van der Waals surface area contributed by atoms with Crippen molar-refractivity contribution in [3.63, 3.8) is 0 Å². The molecule has 5 fully saturated rings. The van der Waals surface area contributed by atoms with Crippen LogP contribution in [0.5, 0.6) is 0 Å². The highest BCUT2D eigenvalue weighted by molar-refractivity contribution is 5.77. The highest BCUT2D eigenvalue weighted by atomic mass is 16.2. The zero-order valence-electron chi connectivity index (χ0n) is 12.1. The van der Waals surface area contributed by atoms with Crippen LogP contribution in [0.15, 0.2) is 0 Å². The summed E-state index contributed by atoms with van der Waals surface area (Å²) in [4.78, 5) is 14.6. The SMILES string of the molecule is CC(C)[C@H]1CNC(=O)N1C1C2CC3CC(C2)CC1C3. The molecule has 2 amide bonds. The molecule has 5 rings (SSSR count). The van der Waals surface area contributed by atoms with Crippen molar-refractivity contribution in [1.29, 1.82) is 0 Å². The number of nitrogens with zero attached hydrogens (tertiary/aromatic N) is 1. The number of hydrogen-bond donors (Lipinski definition) is 1. The predicted octanol–water partition coefficient (Wildman–Crippen LogP) is 2.86. The molecule has 3 heteroatoms. The Kier molecular flexibility index (Phi) is 2.62. The number of nitrogens with one attached hydrogen (secondary N) is 1. The first-order chi connectivity index (χ1) is 9.13. The molecule has 0 spiro atoms. The number of carbonyl (C=O) groups excluding carboxylic acids is 1. The third-order valence-corrected chi connectivity index (χ3v) is 6.32. The first kappa shape index (κ1) is 12.0. The molecule has 1 saturated heterocycles. The average molecular weight is 262 g/mol. The molecule has 0 unspecified atom stereocenters. The normalized spacial score (nSPS) is 48.2. The molecule has 1 aliphatic heterocycles. The van der Waals surface area contributed by atoms with E-state index in [-0.39, 0.29) is 6.03 Å². The molecule has 19 heavy (non-hydrogen) atoms. The molecule has 4 bridgehead atoms. The van der Waals surface area contributed by atoms with Gasteiger partial charge in [0.05, 0.1) is 6.04 Å². The summed E-state index contributed by atoms with van der Waals surface area (Å²) < 4.78 is 0. The summed E-state index contributed by atoms with van der Waals surface area (Å²) in [6, 6.07) is 1.20. The molecular formula is C16H26N2O. The van der Waals surface area contributed by atoms with Gasteiger partial charge >= 0.3 is 6.03 Å². The van der Waals surface area contributed by atoms with Crippen molar-refractivity contribution < 1.29 is 4.79 Å². The van der Waals surface area contributed by atoms with Gasteiger partial charge in [0.15, 0.2) is 0 Å². The van der Waals surface area contributed by atoms with Gasteiger partial charge in [-0.2, -0.15) is 0 Å². The molecule has 1 heterocycles. The Morgan fingerprint density at radius 3 is 2.16 bits per heavy atom. The summed E-state index contributed by atoms with van der Waals surface area (Å²) in [5, 5.41) is 3.10. The fourth-order valence-electron chi connectivity index (χ4n) is 5.80. The van der Waals surface area contributed by atoms with Gasteiger partial charge in [-0.05, 0) is 61.7 Å². The van der Waals surface area contributed by atoms with Crippen molar-refractivity contribution in [1.82, 2.24) is 10.2 Å². The standard InChI is InChI=1S/C16H26N2O/c1-9(2)14-8-17-16(19)18(14)15-12-4-10-3-11(6-12)7-13(15)5-10/h9-15H,3-8H2,1-2H3,(H,17,19)/t10?,11?,12?,13?,14-,15?/m1/s1. The van der Waals surface area contributed by atoms with Gasteiger partial charge in [-0.3, -0.25) is 0 Å². The van der Waals surface area contributed by atoms with Crippen molar-refractivity contribution in [2.45, 2.75) is 58.0 Å². The summed E-state index contributed by atoms with van der Waals surface area (Å²) in [6.45, 7) is 5.38. The number of amides is 2. The van der Waals surface area contributed by atoms with Crippen LogP contribution in [0.2, 0.25) is 0 Å². The van der Waals surface area contributed by atoms with Crippen LogP contribution in [0.1, 0.15) is 46.0 Å². The fourth-order valence-corrected chi connectivity index (χ4v) is 5.80. The number of hydrogen-bond acceptors (Lipinski definition) is 1. The second-order valence-electron chi connectivity index (χ2n) is 7.83. The van der Waals surface area contributed by atoms with Crippen LogP contribution < -0.4 is 5.32 Å². The van der Waals surface area contributed by atoms with Gasteiger partial charge in [0.1, 0.15) is 0 Å². The third-order valence-electron chi connectivity index (χ3n) is 6.32. The minimum absolute atomic E-state index is 0.219. The smallest absolute Gasteiger partial charge is 0.318 e. The van der Waals surface area contributed by atoms with E-state index in [1.165, 1.54) is 32.1 Å². The summed E-state index contributed by atoms with van der Waals surface area (Å²) >= 11 is 0. The van der Waals surface area contributed by atoms with Gasteiger partial charge in [-0.25, -0.2) is 4.79 Å². The minimum Gasteiger partial charge on any atom is -0.336 e. The molecule has 0 aromatic rings. The zero-order valence-corrected chi connectivity index (χ0v) is 12.1. The molecule has 3 nitrogen and oxygen atoms in total. The van der Waals surface area contributed by atoms with Crippen LogP contribution in [-0.4, -0.2) is 29.6 Å². The number of urea groups is 1. The highest BCUT2D eigenvalue weighted by Crippen LogP contribution is 2.55. The van der Waals surface area contributed by atoms with Crippen molar-refractivity contribution in [2.75, 3.05) is 6.54 Å². The molecule has 0 radical (unpaired) electrons. The van der Waals surface area contributed by atoms with E-state index in [1.54, 1.807) is 0 Å². The Balaban J connectivity index is 1.62. The van der Waals surface area contributed by atoms with Gasteiger partial charge < -0.3 is 10.2 Å². The van der Waals surface area contributed by atoms with Crippen LogP contribution in [0.25, 0.3) is 0 Å². The zero-order chi connectivity index (χ0) is 13.1. The molecule has 0 aromatic heterocycles. The van der Waals surface area contributed by atoms with E-state index in [0.29, 0.717) is 18.0 Å². The second kappa shape index (κ2) is 4.13. The lowest BCUT2D eigenvalue weighted by atomic mass is 9.53. The van der Waals surface area contributed by atoms with Crippen molar-refractivity contribution >= 4 is 6.03 Å². The highest BCUT2D eigenvalue weighted by Gasteiger charge is 2.53. The van der Waals surface area contributed by atoms with E-state index in [4.69, 9.17) is 0 Å². The molecule has 5 aliphatic rings. The van der Waals surface area contributed by atoms with Crippen LogP contribution in [-0.2, 0) is 0 Å². The van der Waals surface area contributed by atoms with Crippen LogP contribution >= 0.6 is 0 Å². The van der Waals surface area contributed by atoms with Crippen LogP contribution in [0.4, 0.5) is 4.79 Å². The van der Waals surface area contributed by atoms with Crippen molar-refractivity contribution in [3.05, 3.63) is 0 Å². The lowest BCUT2D eigenvalue weighted by molar-refractivity contribution is -0.0589. The van der Waals surface area contributed by atoms with Gasteiger partial charge in [-0.15, -0.1) is 0 Å². The maximum Gasteiger partial charge on any atom is 0.318 e. The van der Waals surface area contributed by atoms with Gasteiger partial charge in [0, 0.05) is 12.6 Å². The summed E-state index contributed by atoms with van der Waals surface area (Å²) in [7, 11) is 0. The monoisotopic (exact) mass is 262 g/mol. The van der Waals surface area contributed by atoms with Gasteiger partial charge in [-0.1, -0.05) is 13.8 Å². The topological polar surface area (TPSA) is 32.3 Å². The minimum atomic E-state index is 0.219. The first-order valence-corrected chi connectivity index (χ1v) is 8.19. The Labute approximate surface area is 116 Å². The molecule has 1 N–H and O–H groups in total. The van der Waals surface area contributed by atoms with Crippen molar-refractivity contribution in [2.24, 2.45) is 29.6 Å². The predicted molar refractivity (Wildman–Crippen MR) is 74.7 cm³/mol. The van der Waals surface area contributed by atoms with E-state index >= 15 is 0 Å². The van der Waals surface area contributed by atoms with E-state index in [0.717, 1.165) is 30.2 Å². The van der Waals surface area contributed by atoms with Gasteiger partial charge in [0.25, 0.3) is 0 Å². The quantitative estimate of drug-likeness (QED) is 0.815. The van der Waals surface area contributed by atoms with E-state index in [2.05, 4.69) is 24.1 Å². The van der Waals surface area contributed by atoms with Crippen LogP contribution in [0.3, 0.4) is 0 Å². The largest absolute Gasteiger partial charge is 0.336 e. The maximum atomic E-state index is 12.3. The summed E-state index contributed by atoms with van der Waals surface area (Å²) in [5.41, 5.74) is 0. The lowest BCUT2D eigenvalue weighted by Gasteiger charge is -2.57. The van der Waals surface area contributed by atoms with Crippen LogP contribution in [0, 0.1) is 29.6 Å². The number of carbonyl (C=O) groups is 1. The lowest BCUT2D eigenvalue weighted by Crippen LogP contribution is -2.59. The average Bonchev–Trinajstić information content (AvgIpc) is 2.70. The van der Waals surface area contributed by atoms with Gasteiger partial charge in [0.2, 0.25) is 0 Å². The molecule has 1 atom stereocenters. The Hall–Kier alpha value is -0.730. The Morgan fingerprint density at radius 1 is 1.05 bits per heavy atom. The fraction of sp³-hybridized carbons (Fsp3) is 0.938.